The van der Waals surface area contributed by atoms with Crippen LogP contribution in [-0.4, -0.2) is 54.5 Å². The molecule has 0 aromatic carbocycles. The number of guanidine groups is 1. The van der Waals surface area contributed by atoms with Crippen LogP contribution >= 0.6 is 0 Å². The zero-order valence-corrected chi connectivity index (χ0v) is 13.2. The number of hydrogen-bond donors (Lipinski definition) is 1. The van der Waals surface area contributed by atoms with Crippen LogP contribution in [0.15, 0.2) is 4.99 Å². The average Bonchev–Trinajstić information content (AvgIpc) is 2.89. The molecule has 0 spiro atoms. The molecule has 1 rings (SSSR count). The zero-order valence-electron chi connectivity index (χ0n) is 13.2. The van der Waals surface area contributed by atoms with Gasteiger partial charge in [0.15, 0.2) is 5.96 Å². The third kappa shape index (κ3) is 5.39. The van der Waals surface area contributed by atoms with E-state index in [1.54, 1.807) is 0 Å². The minimum Gasteiger partial charge on any atom is -0.370 e. The lowest BCUT2D eigenvalue weighted by Gasteiger charge is -2.28. The predicted octanol–water partition coefficient (Wildman–Crippen LogP) is 2.15. The van der Waals surface area contributed by atoms with Crippen LogP contribution in [-0.2, 0) is 0 Å². The molecule has 0 radical (unpaired) electrons. The number of rotatable bonds is 7. The van der Waals surface area contributed by atoms with Gasteiger partial charge >= 0.3 is 0 Å². The SMILES string of the molecule is CCN(CC)C(N)=NCC(CC(C)C)N1CCCC1. The third-order valence-corrected chi connectivity index (χ3v) is 3.95. The van der Waals surface area contributed by atoms with Crippen LogP contribution in [0.25, 0.3) is 0 Å². The molecule has 0 saturated carbocycles. The summed E-state index contributed by atoms with van der Waals surface area (Å²) in [6.45, 7) is 14.0. The van der Waals surface area contributed by atoms with Gasteiger partial charge in [0, 0.05) is 19.1 Å². The van der Waals surface area contributed by atoms with Crippen molar-refractivity contribution in [3.63, 3.8) is 0 Å². The Morgan fingerprint density at radius 2 is 1.79 bits per heavy atom. The van der Waals surface area contributed by atoms with Crippen LogP contribution in [0.5, 0.6) is 0 Å². The highest BCUT2D eigenvalue weighted by Gasteiger charge is 2.22. The molecule has 1 aliphatic rings. The van der Waals surface area contributed by atoms with E-state index in [0.29, 0.717) is 12.0 Å². The minimum absolute atomic E-state index is 0.566. The maximum atomic E-state index is 6.07. The molecule has 1 fully saturated rings. The lowest BCUT2D eigenvalue weighted by molar-refractivity contribution is 0.218. The second kappa shape index (κ2) is 8.41. The van der Waals surface area contributed by atoms with E-state index in [2.05, 4.69) is 42.5 Å². The van der Waals surface area contributed by atoms with Gasteiger partial charge in [0.1, 0.15) is 0 Å². The molecular formula is C15H32N4. The molecule has 0 aromatic rings. The van der Waals surface area contributed by atoms with Crippen LogP contribution < -0.4 is 5.73 Å². The van der Waals surface area contributed by atoms with Crippen molar-refractivity contribution in [3.8, 4) is 0 Å². The van der Waals surface area contributed by atoms with Crippen molar-refractivity contribution in [2.24, 2.45) is 16.6 Å². The van der Waals surface area contributed by atoms with Gasteiger partial charge in [-0.25, -0.2) is 0 Å². The molecule has 0 amide bonds. The molecular weight excluding hydrogens is 236 g/mol. The van der Waals surface area contributed by atoms with Crippen LogP contribution in [0.4, 0.5) is 0 Å². The minimum atomic E-state index is 0.566. The van der Waals surface area contributed by atoms with Gasteiger partial charge in [-0.2, -0.15) is 0 Å². The highest BCUT2D eigenvalue weighted by Crippen LogP contribution is 2.18. The fourth-order valence-corrected chi connectivity index (χ4v) is 2.84. The Kier molecular flexibility index (Phi) is 7.21. The first kappa shape index (κ1) is 16.3. The summed E-state index contributed by atoms with van der Waals surface area (Å²) >= 11 is 0. The molecule has 1 aliphatic heterocycles. The van der Waals surface area contributed by atoms with Crippen molar-refractivity contribution in [2.45, 2.75) is 53.0 Å². The molecule has 1 unspecified atom stereocenters. The number of nitrogens with two attached hydrogens (primary N) is 1. The molecule has 0 aliphatic carbocycles. The summed E-state index contributed by atoms with van der Waals surface area (Å²) in [6.07, 6.45) is 3.89. The van der Waals surface area contributed by atoms with Gasteiger partial charge < -0.3 is 10.6 Å². The predicted molar refractivity (Wildman–Crippen MR) is 83.5 cm³/mol. The first-order valence-corrected chi connectivity index (χ1v) is 7.87. The second-order valence-corrected chi connectivity index (χ2v) is 5.90. The maximum absolute atomic E-state index is 6.07. The van der Waals surface area contributed by atoms with E-state index in [1.807, 2.05) is 0 Å². The van der Waals surface area contributed by atoms with E-state index >= 15 is 0 Å². The van der Waals surface area contributed by atoms with Crippen LogP contribution in [0.3, 0.4) is 0 Å². The van der Waals surface area contributed by atoms with E-state index in [4.69, 9.17) is 5.73 Å². The summed E-state index contributed by atoms with van der Waals surface area (Å²) in [4.78, 5) is 9.36. The quantitative estimate of drug-likeness (QED) is 0.568. The van der Waals surface area contributed by atoms with E-state index in [9.17, 15) is 0 Å². The monoisotopic (exact) mass is 268 g/mol. The fourth-order valence-electron chi connectivity index (χ4n) is 2.84. The number of likely N-dealkylation sites (tertiary alicyclic amines) is 1. The second-order valence-electron chi connectivity index (χ2n) is 5.90. The largest absolute Gasteiger partial charge is 0.370 e. The van der Waals surface area contributed by atoms with Crippen molar-refractivity contribution in [1.29, 1.82) is 0 Å². The van der Waals surface area contributed by atoms with E-state index in [0.717, 1.165) is 25.6 Å². The van der Waals surface area contributed by atoms with Gasteiger partial charge in [0.2, 0.25) is 0 Å². The van der Waals surface area contributed by atoms with Gasteiger partial charge in [-0.15, -0.1) is 0 Å². The highest BCUT2D eigenvalue weighted by atomic mass is 15.3. The molecule has 1 atom stereocenters. The van der Waals surface area contributed by atoms with Gasteiger partial charge in [-0.1, -0.05) is 13.8 Å². The van der Waals surface area contributed by atoms with Crippen molar-refractivity contribution in [3.05, 3.63) is 0 Å². The molecule has 4 nitrogen and oxygen atoms in total. The van der Waals surface area contributed by atoms with Crippen LogP contribution in [0, 0.1) is 5.92 Å². The van der Waals surface area contributed by atoms with Crippen molar-refractivity contribution >= 4 is 5.96 Å². The first-order chi connectivity index (χ1) is 9.08. The van der Waals surface area contributed by atoms with E-state index < -0.39 is 0 Å². The third-order valence-electron chi connectivity index (χ3n) is 3.95. The Morgan fingerprint density at radius 1 is 1.21 bits per heavy atom. The molecule has 2 N–H and O–H groups in total. The van der Waals surface area contributed by atoms with Crippen molar-refractivity contribution in [2.75, 3.05) is 32.7 Å². The summed E-state index contributed by atoms with van der Waals surface area (Å²) in [6, 6.07) is 0.566. The van der Waals surface area contributed by atoms with E-state index in [1.165, 1.54) is 32.4 Å². The molecule has 0 bridgehead atoms. The van der Waals surface area contributed by atoms with Crippen LogP contribution in [0.1, 0.15) is 47.0 Å². The summed E-state index contributed by atoms with van der Waals surface area (Å²) in [7, 11) is 0. The Hall–Kier alpha value is -0.770. The summed E-state index contributed by atoms with van der Waals surface area (Å²) in [5.41, 5.74) is 6.07. The fraction of sp³-hybridized carbons (Fsp3) is 0.933. The molecule has 0 aromatic heterocycles. The Morgan fingerprint density at radius 3 is 2.26 bits per heavy atom. The Labute approximate surface area is 119 Å². The Bertz CT molecular complexity index is 265. The van der Waals surface area contributed by atoms with Crippen molar-refractivity contribution in [1.82, 2.24) is 9.80 Å². The van der Waals surface area contributed by atoms with Crippen LogP contribution in [0.2, 0.25) is 0 Å². The molecule has 112 valence electrons. The average molecular weight is 268 g/mol. The number of nitrogens with zero attached hydrogens (tertiary/aromatic N) is 3. The first-order valence-electron chi connectivity index (χ1n) is 7.87. The molecule has 1 heterocycles. The van der Waals surface area contributed by atoms with Gasteiger partial charge in [0.05, 0.1) is 6.54 Å². The number of aliphatic imine (C=N–C) groups is 1. The lowest BCUT2D eigenvalue weighted by atomic mass is 10.0. The zero-order chi connectivity index (χ0) is 14.3. The topological polar surface area (TPSA) is 44.9 Å². The maximum Gasteiger partial charge on any atom is 0.191 e. The van der Waals surface area contributed by atoms with Gasteiger partial charge in [-0.3, -0.25) is 9.89 Å². The smallest absolute Gasteiger partial charge is 0.191 e. The Balaban J connectivity index is 2.58. The summed E-state index contributed by atoms with van der Waals surface area (Å²) in [5, 5.41) is 0. The van der Waals surface area contributed by atoms with E-state index in [-0.39, 0.29) is 0 Å². The summed E-state index contributed by atoms with van der Waals surface area (Å²) < 4.78 is 0. The summed E-state index contributed by atoms with van der Waals surface area (Å²) in [5.74, 6) is 1.42. The molecule has 19 heavy (non-hydrogen) atoms. The lowest BCUT2D eigenvalue weighted by Crippen LogP contribution is -2.40. The molecule has 1 saturated heterocycles. The van der Waals surface area contributed by atoms with Crippen molar-refractivity contribution < 1.29 is 0 Å². The number of hydrogen-bond acceptors (Lipinski definition) is 2. The normalized spacial score (nSPS) is 19.1. The van der Waals surface area contributed by atoms with Gasteiger partial charge in [-0.05, 0) is 52.1 Å². The standard InChI is InChI=1S/C15H32N4/c1-5-18(6-2)15(16)17-12-14(11-13(3)4)19-9-7-8-10-19/h13-14H,5-12H2,1-4H3,(H2,16,17). The molecule has 4 heteroatoms. The van der Waals surface area contributed by atoms with Gasteiger partial charge in [0.25, 0.3) is 0 Å². The highest BCUT2D eigenvalue weighted by molar-refractivity contribution is 5.78.